The van der Waals surface area contributed by atoms with Crippen LogP contribution in [0.15, 0.2) is 0 Å². The van der Waals surface area contributed by atoms with E-state index < -0.39 is 8.03 Å². The second-order valence-electron chi connectivity index (χ2n) is 5.62. The Morgan fingerprint density at radius 3 is 2.31 bits per heavy atom. The standard InChI is InChI=1S/C10H17O2P/c1-9(2)7-4-5-10(3,6-7)8(9)13(11)12/h7-8H,4-6H2,1-3H3/p+1/t7-,8+,10+/m0/s1. The van der Waals surface area contributed by atoms with Gasteiger partial charge < -0.3 is 0 Å². The van der Waals surface area contributed by atoms with Crippen molar-refractivity contribution in [2.75, 3.05) is 0 Å². The molecule has 0 saturated heterocycles. The quantitative estimate of drug-likeness (QED) is 0.662. The molecule has 1 unspecified atom stereocenters. The summed E-state index contributed by atoms with van der Waals surface area (Å²) in [5.41, 5.74) is 0.250. The molecule has 0 aromatic heterocycles. The molecule has 1 N–H and O–H groups in total. The first-order valence-corrected chi connectivity index (χ1v) is 6.31. The second kappa shape index (κ2) is 2.55. The predicted molar refractivity (Wildman–Crippen MR) is 52.8 cm³/mol. The number of hydrogen-bond acceptors (Lipinski definition) is 1. The summed E-state index contributed by atoms with van der Waals surface area (Å²) in [5, 5.41) is 0. The van der Waals surface area contributed by atoms with Crippen LogP contribution in [0, 0.1) is 16.7 Å². The van der Waals surface area contributed by atoms with Crippen molar-refractivity contribution in [3.05, 3.63) is 0 Å². The fourth-order valence-electron chi connectivity index (χ4n) is 3.83. The lowest BCUT2D eigenvalue weighted by Crippen LogP contribution is -2.37. The van der Waals surface area contributed by atoms with Crippen LogP contribution in [0.3, 0.4) is 0 Å². The third-order valence-electron chi connectivity index (χ3n) is 4.41. The molecule has 74 valence electrons. The summed E-state index contributed by atoms with van der Waals surface area (Å²) >= 11 is 0. The SMILES string of the molecule is CC1(C)[C@H]2CC[C@](C)(C2)[C@@H]1[P+](=O)O. The Balaban J connectivity index is 2.39. The zero-order valence-electron chi connectivity index (χ0n) is 8.58. The fourth-order valence-corrected chi connectivity index (χ4v) is 5.37. The fraction of sp³-hybridized carbons (Fsp3) is 1.00. The van der Waals surface area contributed by atoms with E-state index in [-0.39, 0.29) is 16.5 Å². The van der Waals surface area contributed by atoms with Crippen LogP contribution in [-0.2, 0) is 4.57 Å². The number of hydrogen-bond donors (Lipinski definition) is 1. The van der Waals surface area contributed by atoms with E-state index in [9.17, 15) is 9.46 Å². The zero-order chi connectivity index (χ0) is 9.85. The molecular weight excluding hydrogens is 183 g/mol. The van der Waals surface area contributed by atoms with E-state index in [0.29, 0.717) is 5.92 Å². The molecule has 2 aliphatic carbocycles. The van der Waals surface area contributed by atoms with Crippen LogP contribution in [0.2, 0.25) is 0 Å². The summed E-state index contributed by atoms with van der Waals surface area (Å²) in [6.07, 6.45) is 3.56. The average Bonchev–Trinajstić information content (AvgIpc) is 2.36. The molecule has 2 saturated carbocycles. The molecule has 2 fully saturated rings. The molecule has 0 radical (unpaired) electrons. The van der Waals surface area contributed by atoms with Crippen molar-refractivity contribution in [3.8, 4) is 0 Å². The summed E-state index contributed by atoms with van der Waals surface area (Å²) in [7, 11) is -2.00. The zero-order valence-corrected chi connectivity index (χ0v) is 9.47. The molecule has 4 atom stereocenters. The maximum Gasteiger partial charge on any atom is 0.509 e. The van der Waals surface area contributed by atoms with Crippen LogP contribution >= 0.6 is 8.03 Å². The molecule has 2 aliphatic rings. The van der Waals surface area contributed by atoms with Crippen LogP contribution in [0.5, 0.6) is 0 Å². The van der Waals surface area contributed by atoms with Gasteiger partial charge in [0.25, 0.3) is 0 Å². The molecule has 0 aromatic carbocycles. The van der Waals surface area contributed by atoms with Gasteiger partial charge in [0.05, 0.1) is 0 Å². The molecule has 13 heavy (non-hydrogen) atoms. The summed E-state index contributed by atoms with van der Waals surface area (Å²) in [5.74, 6) is 0.675. The number of rotatable bonds is 1. The van der Waals surface area contributed by atoms with Crippen molar-refractivity contribution in [1.82, 2.24) is 0 Å². The Morgan fingerprint density at radius 2 is 2.00 bits per heavy atom. The van der Waals surface area contributed by atoms with Gasteiger partial charge in [0.2, 0.25) is 0 Å². The lowest BCUT2D eigenvalue weighted by Gasteiger charge is -2.34. The highest BCUT2D eigenvalue weighted by Gasteiger charge is 2.67. The molecule has 2 nitrogen and oxygen atoms in total. The van der Waals surface area contributed by atoms with Gasteiger partial charge in [0.1, 0.15) is 0 Å². The molecule has 2 bridgehead atoms. The lowest BCUT2D eigenvalue weighted by atomic mass is 9.72. The maximum absolute atomic E-state index is 11.4. The van der Waals surface area contributed by atoms with Gasteiger partial charge in [0.15, 0.2) is 5.66 Å². The first-order chi connectivity index (χ1) is 5.88. The smallest absolute Gasteiger partial charge is 0.160 e. The number of fused-ring (bicyclic) bond motifs is 2. The molecule has 0 heterocycles. The highest BCUT2D eigenvalue weighted by molar-refractivity contribution is 7.39. The highest BCUT2D eigenvalue weighted by Crippen LogP contribution is 2.68. The maximum atomic E-state index is 11.4. The largest absolute Gasteiger partial charge is 0.509 e. The van der Waals surface area contributed by atoms with Crippen LogP contribution < -0.4 is 0 Å². The minimum absolute atomic E-state index is 0.0220. The van der Waals surface area contributed by atoms with E-state index in [4.69, 9.17) is 0 Å². The van der Waals surface area contributed by atoms with Crippen molar-refractivity contribution in [1.29, 1.82) is 0 Å². The second-order valence-corrected chi connectivity index (χ2v) is 6.74. The molecule has 0 amide bonds. The van der Waals surface area contributed by atoms with Gasteiger partial charge in [-0.25, -0.2) is 0 Å². The van der Waals surface area contributed by atoms with Gasteiger partial charge >= 0.3 is 8.03 Å². The molecule has 3 heteroatoms. The van der Waals surface area contributed by atoms with Crippen LogP contribution in [0.25, 0.3) is 0 Å². The lowest BCUT2D eigenvalue weighted by molar-refractivity contribution is 0.181. The summed E-state index contributed by atoms with van der Waals surface area (Å²) in [4.78, 5) is 9.38. The average molecular weight is 201 g/mol. The molecular formula is C10H18O2P+. The van der Waals surface area contributed by atoms with Gasteiger partial charge in [-0.1, -0.05) is 20.8 Å². The summed E-state index contributed by atoms with van der Waals surface area (Å²) < 4.78 is 11.4. The van der Waals surface area contributed by atoms with Gasteiger partial charge in [-0.3, -0.25) is 0 Å². The normalized spacial score (nSPS) is 48.2. The molecule has 2 rings (SSSR count). The third kappa shape index (κ3) is 1.12. The monoisotopic (exact) mass is 201 g/mol. The highest BCUT2D eigenvalue weighted by atomic mass is 31.1. The Labute approximate surface area is 80.6 Å². The Hall–Kier alpha value is 0.0600. The predicted octanol–water partition coefficient (Wildman–Crippen LogP) is 2.94. The van der Waals surface area contributed by atoms with Crippen molar-refractivity contribution in [2.45, 2.75) is 45.7 Å². The van der Waals surface area contributed by atoms with Crippen molar-refractivity contribution in [3.63, 3.8) is 0 Å². The van der Waals surface area contributed by atoms with Gasteiger partial charge in [-0.05, 0) is 29.7 Å². The van der Waals surface area contributed by atoms with Crippen molar-refractivity contribution in [2.24, 2.45) is 16.7 Å². The van der Waals surface area contributed by atoms with Crippen molar-refractivity contribution >= 4 is 8.03 Å². The summed E-state index contributed by atoms with van der Waals surface area (Å²) in [6.45, 7) is 6.52. The van der Waals surface area contributed by atoms with Gasteiger partial charge in [0, 0.05) is 10.8 Å². The Bertz CT molecular complexity index is 257. The van der Waals surface area contributed by atoms with E-state index in [1.807, 2.05) is 0 Å². The van der Waals surface area contributed by atoms with E-state index in [1.165, 1.54) is 6.42 Å². The van der Waals surface area contributed by atoms with E-state index >= 15 is 0 Å². The minimum atomic E-state index is -2.00. The first-order valence-electron chi connectivity index (χ1n) is 5.03. The minimum Gasteiger partial charge on any atom is -0.160 e. The Morgan fingerprint density at radius 1 is 1.38 bits per heavy atom. The van der Waals surface area contributed by atoms with E-state index in [1.54, 1.807) is 0 Å². The topological polar surface area (TPSA) is 37.3 Å². The van der Waals surface area contributed by atoms with Crippen LogP contribution in [-0.4, -0.2) is 10.6 Å². The first kappa shape index (κ1) is 9.61. The van der Waals surface area contributed by atoms with E-state index in [2.05, 4.69) is 20.8 Å². The van der Waals surface area contributed by atoms with Crippen LogP contribution in [0.4, 0.5) is 0 Å². The molecule has 0 aliphatic heterocycles. The van der Waals surface area contributed by atoms with Gasteiger partial charge in [-0.2, -0.15) is 4.89 Å². The molecule has 0 aromatic rings. The summed E-state index contributed by atoms with van der Waals surface area (Å²) in [6, 6.07) is 0. The van der Waals surface area contributed by atoms with Crippen LogP contribution in [0.1, 0.15) is 40.0 Å². The Kier molecular flexibility index (Phi) is 1.88. The third-order valence-corrected chi connectivity index (χ3v) is 6.15. The van der Waals surface area contributed by atoms with Gasteiger partial charge in [-0.15, -0.1) is 0 Å². The molecule has 0 spiro atoms. The van der Waals surface area contributed by atoms with Crippen molar-refractivity contribution < 1.29 is 9.46 Å². The van der Waals surface area contributed by atoms with E-state index in [0.717, 1.165) is 12.8 Å².